The third-order valence-corrected chi connectivity index (χ3v) is 3.01. The number of hydrogen-bond acceptors (Lipinski definition) is 1. The van der Waals surface area contributed by atoms with Crippen molar-refractivity contribution in [3.05, 3.63) is 105 Å². The van der Waals surface area contributed by atoms with E-state index >= 15 is 0 Å². The maximum atomic E-state index is 11.7. The van der Waals surface area contributed by atoms with Crippen LogP contribution >= 0.6 is 0 Å². The Balaban J connectivity index is 0.000000344. The first-order chi connectivity index (χ1) is 10.3. The monoisotopic (exact) mass is 330 g/mol. The van der Waals surface area contributed by atoms with E-state index in [1.165, 1.54) is 5.56 Å². The summed E-state index contributed by atoms with van der Waals surface area (Å²) in [5.41, 5.74) is 2.27. The van der Waals surface area contributed by atoms with Crippen LogP contribution in [0.3, 0.4) is 0 Å². The van der Waals surface area contributed by atoms with Crippen molar-refractivity contribution in [3.8, 4) is 0 Å². The molecule has 10 radical (unpaired) electrons. The number of carbonyl (C=O) groups is 1. The molecule has 1 aromatic carbocycles. The van der Waals surface area contributed by atoms with Crippen molar-refractivity contribution in [1.29, 1.82) is 0 Å². The van der Waals surface area contributed by atoms with Gasteiger partial charge in [-0.15, -0.1) is 0 Å². The number of ketones is 1. The van der Waals surface area contributed by atoms with Crippen molar-refractivity contribution in [1.82, 2.24) is 0 Å². The third kappa shape index (κ3) is 6.94. The molecule has 110 valence electrons. The normalized spacial score (nSPS) is 17.9. The topological polar surface area (TPSA) is 17.1 Å². The summed E-state index contributed by atoms with van der Waals surface area (Å²) in [7, 11) is 0. The standard InChI is InChI=1S/C15H13O.C5H5.Fe/c1-12-6-8-13(9-7-12)10-11-15(16)14-4-2-3-5-14;1-2-4-5-3-1;/h2-11H,1H3;1-5H;/q;;+2/b11-10+;;. The zero-order chi connectivity index (χ0) is 14.9. The predicted molar refractivity (Wildman–Crippen MR) is 87.2 cm³/mol. The van der Waals surface area contributed by atoms with Gasteiger partial charge < -0.3 is 0 Å². The largest absolute Gasteiger partial charge is 2.00 e. The number of carbonyl (C=O) groups excluding carboxylic acids is 1. The van der Waals surface area contributed by atoms with Crippen LogP contribution in [-0.2, 0) is 21.9 Å². The van der Waals surface area contributed by atoms with E-state index in [0.29, 0.717) is 0 Å². The van der Waals surface area contributed by atoms with Gasteiger partial charge in [-0.05, 0) is 76.4 Å². The van der Waals surface area contributed by atoms with E-state index in [4.69, 9.17) is 0 Å². The molecule has 0 aliphatic heterocycles. The number of allylic oxidation sites excluding steroid dienone is 1. The van der Waals surface area contributed by atoms with Crippen LogP contribution in [0.15, 0.2) is 30.3 Å². The minimum absolute atomic E-state index is 0. The molecule has 0 amide bonds. The van der Waals surface area contributed by atoms with Crippen molar-refractivity contribution in [2.24, 2.45) is 0 Å². The molecular formula is C20H18FeO+2. The van der Waals surface area contributed by atoms with E-state index in [-0.39, 0.29) is 22.9 Å². The molecule has 0 N–H and O–H groups in total. The average Bonchev–Trinajstić information content (AvgIpc) is 3.21. The quantitative estimate of drug-likeness (QED) is 0.605. The molecule has 1 nitrogen and oxygen atoms in total. The summed E-state index contributed by atoms with van der Waals surface area (Å²) in [4.78, 5) is 11.7. The van der Waals surface area contributed by atoms with Gasteiger partial charge in [-0.25, -0.2) is 0 Å². The van der Waals surface area contributed by atoms with E-state index in [9.17, 15) is 4.79 Å². The van der Waals surface area contributed by atoms with Crippen LogP contribution in [-0.4, -0.2) is 5.78 Å². The van der Waals surface area contributed by atoms with E-state index < -0.39 is 0 Å². The average molecular weight is 330 g/mol. The van der Waals surface area contributed by atoms with Crippen LogP contribution in [0.1, 0.15) is 11.1 Å². The van der Waals surface area contributed by atoms with Gasteiger partial charge in [-0.1, -0.05) is 35.9 Å². The summed E-state index contributed by atoms with van der Waals surface area (Å²) < 4.78 is 0. The number of benzene rings is 1. The Kier molecular flexibility index (Phi) is 9.43. The summed E-state index contributed by atoms with van der Waals surface area (Å²) in [5, 5.41) is 0. The Morgan fingerprint density at radius 1 is 0.818 bits per heavy atom. The molecule has 2 aliphatic carbocycles. The number of hydrogen-bond donors (Lipinski definition) is 0. The summed E-state index contributed by atoms with van der Waals surface area (Å²) in [6, 6.07) is 8.08. The molecule has 0 aromatic heterocycles. The van der Waals surface area contributed by atoms with E-state index in [2.05, 4.69) is 0 Å². The second kappa shape index (κ2) is 10.8. The Labute approximate surface area is 146 Å². The van der Waals surface area contributed by atoms with Gasteiger partial charge in [0.2, 0.25) is 0 Å². The molecule has 2 aliphatic rings. The maximum Gasteiger partial charge on any atom is 2.00 e. The van der Waals surface area contributed by atoms with Crippen molar-refractivity contribution in [2.45, 2.75) is 6.92 Å². The Morgan fingerprint density at radius 2 is 1.32 bits per heavy atom. The molecule has 0 bridgehead atoms. The van der Waals surface area contributed by atoms with Gasteiger partial charge in [0, 0.05) is 0 Å². The van der Waals surface area contributed by atoms with Crippen molar-refractivity contribution in [3.63, 3.8) is 0 Å². The summed E-state index contributed by atoms with van der Waals surface area (Å²) in [5.74, 6) is 0.786. The van der Waals surface area contributed by atoms with Gasteiger partial charge in [-0.3, -0.25) is 4.79 Å². The molecule has 0 atom stereocenters. The van der Waals surface area contributed by atoms with Gasteiger partial charge in [0.15, 0.2) is 5.78 Å². The van der Waals surface area contributed by atoms with Crippen LogP contribution in [0.2, 0.25) is 0 Å². The fourth-order valence-electron chi connectivity index (χ4n) is 1.80. The summed E-state index contributed by atoms with van der Waals surface area (Å²) in [6.45, 7) is 2.04. The van der Waals surface area contributed by atoms with E-state index in [1.807, 2.05) is 95.1 Å². The SMILES string of the molecule is Cc1ccc(/C=C/C(=O)[C]2[CH][CH][CH][CH]2)cc1.[CH]1[CH][CH][CH][CH]1.[Fe+2]. The van der Waals surface area contributed by atoms with Crippen LogP contribution in [0, 0.1) is 70.6 Å². The molecule has 0 unspecified atom stereocenters. The van der Waals surface area contributed by atoms with Crippen LogP contribution in [0.5, 0.6) is 0 Å². The Hall–Kier alpha value is -0.851. The molecule has 0 saturated heterocycles. The van der Waals surface area contributed by atoms with Crippen molar-refractivity contribution >= 4 is 11.9 Å². The van der Waals surface area contributed by atoms with Gasteiger partial charge >= 0.3 is 17.1 Å². The molecule has 3 rings (SSSR count). The maximum absolute atomic E-state index is 11.7. The zero-order valence-corrected chi connectivity index (χ0v) is 13.5. The van der Waals surface area contributed by atoms with Gasteiger partial charge in [-0.2, -0.15) is 0 Å². The first-order valence-electron chi connectivity index (χ1n) is 6.93. The van der Waals surface area contributed by atoms with E-state index in [0.717, 1.165) is 11.5 Å². The predicted octanol–water partition coefficient (Wildman–Crippen LogP) is 4.00. The van der Waals surface area contributed by atoms with Gasteiger partial charge in [0.05, 0.1) is 5.92 Å². The zero-order valence-electron chi connectivity index (χ0n) is 12.4. The van der Waals surface area contributed by atoms with Crippen molar-refractivity contribution < 1.29 is 21.9 Å². The van der Waals surface area contributed by atoms with Gasteiger partial charge in [0.1, 0.15) is 0 Å². The van der Waals surface area contributed by atoms with Crippen LogP contribution in [0.25, 0.3) is 6.08 Å². The Bertz CT molecular complexity index is 443. The fourth-order valence-corrected chi connectivity index (χ4v) is 1.80. The first kappa shape index (κ1) is 19.2. The van der Waals surface area contributed by atoms with Crippen LogP contribution in [0.4, 0.5) is 0 Å². The summed E-state index contributed by atoms with van der Waals surface area (Å²) >= 11 is 0. The number of rotatable bonds is 3. The second-order valence-corrected chi connectivity index (χ2v) is 4.74. The second-order valence-electron chi connectivity index (χ2n) is 4.74. The smallest absolute Gasteiger partial charge is 0.294 e. The van der Waals surface area contributed by atoms with Gasteiger partial charge in [0.25, 0.3) is 0 Å². The molecule has 0 heterocycles. The molecular weight excluding hydrogens is 312 g/mol. The molecule has 2 fully saturated rings. The molecule has 2 heteroatoms. The number of aryl methyl sites for hydroxylation is 1. The Morgan fingerprint density at radius 3 is 1.82 bits per heavy atom. The fraction of sp³-hybridized carbons (Fsp3) is 0.0500. The molecule has 0 spiro atoms. The molecule has 2 saturated carbocycles. The first-order valence-corrected chi connectivity index (χ1v) is 6.93. The minimum Gasteiger partial charge on any atom is -0.294 e. The molecule has 1 aromatic rings. The van der Waals surface area contributed by atoms with E-state index in [1.54, 1.807) is 6.08 Å². The van der Waals surface area contributed by atoms with Crippen LogP contribution < -0.4 is 0 Å². The summed E-state index contributed by atoms with van der Waals surface area (Å²) in [6.07, 6.45) is 20.8. The minimum atomic E-state index is 0. The molecule has 22 heavy (non-hydrogen) atoms. The van der Waals surface area contributed by atoms with Crippen molar-refractivity contribution in [2.75, 3.05) is 0 Å². The third-order valence-electron chi connectivity index (χ3n) is 3.01.